The van der Waals surface area contributed by atoms with Crippen LogP contribution >= 0.6 is 31.1 Å². The first-order chi connectivity index (χ1) is 37.1. The number of alkyl carbamates (subject to hydrolysis) is 1. The summed E-state index contributed by atoms with van der Waals surface area (Å²) in [7, 11) is -20.1. The van der Waals surface area contributed by atoms with Crippen molar-refractivity contribution >= 4 is 88.4 Å². The number of aliphatic hydroxyl groups is 3. The summed E-state index contributed by atoms with van der Waals surface area (Å²) in [6, 6.07) is 0. The zero-order chi connectivity index (χ0) is 57.3. The van der Waals surface area contributed by atoms with Gasteiger partial charge in [-0.25, -0.2) is 43.0 Å². The zero-order valence-corrected chi connectivity index (χ0v) is 44.2. The van der Waals surface area contributed by atoms with Crippen LogP contribution in [0.1, 0.15) is 18.7 Å². The summed E-state index contributed by atoms with van der Waals surface area (Å²) in [5.74, 6) is -2.08. The minimum atomic E-state index is -6.27. The Morgan fingerprint density at radius 2 is 1.38 bits per heavy atom. The van der Waals surface area contributed by atoms with Gasteiger partial charge >= 0.3 is 35.2 Å². The zero-order valence-electron chi connectivity index (χ0n) is 40.6. The predicted molar refractivity (Wildman–Crippen MR) is 254 cm³/mol. The van der Waals surface area contributed by atoms with Gasteiger partial charge in [-0.1, -0.05) is 4.98 Å². The molecule has 3 saturated heterocycles. The van der Waals surface area contributed by atoms with Gasteiger partial charge in [0.2, 0.25) is 17.7 Å². The molecule has 1 amide bonds. The second kappa shape index (κ2) is 21.9. The van der Waals surface area contributed by atoms with Crippen molar-refractivity contribution in [3.63, 3.8) is 0 Å². The van der Waals surface area contributed by atoms with Crippen molar-refractivity contribution < 1.29 is 108 Å². The van der Waals surface area contributed by atoms with E-state index in [2.05, 4.69) is 53.8 Å². The molecule has 6 aromatic rings. The number of phosphoric acid groups is 3. The number of phosphoric ester groups is 2. The Bertz CT molecular complexity index is 3620. The van der Waals surface area contributed by atoms with Crippen LogP contribution in [0.3, 0.4) is 0 Å². The van der Waals surface area contributed by atoms with Gasteiger partial charge in [0.25, 0.3) is 17.1 Å². The molecule has 0 radical (unpaired) electrons. The quantitative estimate of drug-likeness (QED) is 0.0253. The fourth-order valence-corrected chi connectivity index (χ4v) is 14.3. The molecule has 3 aliphatic rings. The van der Waals surface area contributed by atoms with Crippen molar-refractivity contribution in [1.29, 1.82) is 0 Å². The molecule has 9 heterocycles. The lowest BCUT2D eigenvalue weighted by molar-refractivity contribution is -0.745. The van der Waals surface area contributed by atoms with Crippen molar-refractivity contribution in [1.82, 2.24) is 58.9 Å². The average Bonchev–Trinajstić information content (AvgIpc) is 4.44. The number of nitrogens with two attached hydrogens (primary N) is 3. The van der Waals surface area contributed by atoms with Crippen molar-refractivity contribution in [3.8, 4) is 0 Å². The van der Waals surface area contributed by atoms with Gasteiger partial charge in [-0.3, -0.25) is 42.3 Å². The number of anilines is 3. The van der Waals surface area contributed by atoms with Gasteiger partial charge in [0.15, 0.2) is 41.4 Å². The van der Waals surface area contributed by atoms with E-state index in [0.29, 0.717) is 0 Å². The lowest BCUT2D eigenvalue weighted by atomic mass is 9.99. The van der Waals surface area contributed by atoms with Gasteiger partial charge in [-0.15, -0.1) is 0 Å². The van der Waals surface area contributed by atoms with Gasteiger partial charge in [0.05, 0.1) is 63.3 Å². The molecule has 15 N–H and O–H groups in total. The van der Waals surface area contributed by atoms with E-state index in [0.717, 1.165) is 35.2 Å². The molecule has 0 aliphatic carbocycles. The molecule has 432 valence electrons. The standard InChI is InChI=1S/C35H48N16O24P4/c1-39-35(57)67-4-12-13(71-30(19(12)52)51-11-48(2)18-27(51)45-34(38)47-29(18)56)5-69-77(60,61)74-79(64,65)75-78(62,63)70-7-15-23(22(66-3)32(73-15)49-9-42-16-24(36)40-8-41-25(16)49)76(58,59)68-6-14-20(53)21(54)31(72-14)50-10-43-17-26(50)44-33(37)46-28(17)55/h8-15,19-23,30-32,52-54H,4-7H2,1-3H3,(H12-,36,37,38,39,40,41,44,45,46,47,55,56,57,58,59,60,61,62,63,64,65)/t12-,13-,14-,15-,19-,20-,21-,22-,23-,30-,31-,32-/m1/s1. The molecule has 9 rings (SSSR count). The first-order valence-corrected chi connectivity index (χ1v) is 28.7. The van der Waals surface area contributed by atoms with Crippen LogP contribution in [0, 0.1) is 5.92 Å². The number of fused-ring (bicyclic) bond motifs is 3. The highest BCUT2D eigenvalue weighted by atomic mass is 31.3. The molecule has 0 aromatic carbocycles. The number of amides is 1. The number of carbonyl (C=O) groups is 1. The first kappa shape index (κ1) is 57.9. The van der Waals surface area contributed by atoms with Crippen LogP contribution in [-0.4, -0.2) is 179 Å². The van der Waals surface area contributed by atoms with Crippen LogP contribution in [0.4, 0.5) is 22.5 Å². The van der Waals surface area contributed by atoms with E-state index in [-0.39, 0.29) is 51.2 Å². The number of ether oxygens (including phenoxy) is 5. The summed E-state index contributed by atoms with van der Waals surface area (Å²) >= 11 is 0. The number of imidazole rings is 3. The third-order valence-corrected chi connectivity index (χ3v) is 18.6. The number of hydrogen-bond donors (Lipinski definition) is 12. The highest BCUT2D eigenvalue weighted by molar-refractivity contribution is 7.66. The van der Waals surface area contributed by atoms with Gasteiger partial charge in [0, 0.05) is 14.2 Å². The lowest BCUT2D eigenvalue weighted by Crippen LogP contribution is -2.45. The molecule has 0 spiro atoms. The predicted octanol–water partition coefficient (Wildman–Crippen LogP) is -4.66. The molecule has 16 atom stereocenters. The maximum atomic E-state index is 14.3. The summed E-state index contributed by atoms with van der Waals surface area (Å²) in [4.78, 5) is 112. The number of aromatic nitrogens is 12. The molecule has 44 heteroatoms. The van der Waals surface area contributed by atoms with E-state index in [1.807, 2.05) is 0 Å². The number of hydrogen-bond acceptors (Lipinski definition) is 30. The Hall–Kier alpha value is -5.80. The molecule has 0 saturated carbocycles. The summed E-state index contributed by atoms with van der Waals surface area (Å²) in [6.45, 7) is -4.14. The van der Waals surface area contributed by atoms with E-state index < -0.39 is 148 Å². The SMILES string of the molecule is CNC(=O)OC[C@H]1[C@@H](O)[C@H]([n+]2cn(C)c3c(=O)[nH]c(N)nc32)O[C@@H]1COP(=O)(O)OP(=O)(O)OP(=O)(O)OC[C@H]1O[C@@H](n2cnc3c(N)ncnc32)[C@H](OC)[C@@H]1P(=O)([O-])OC[C@H]1O[C@@H](n2cnc3c(=O)[nH]c(N)nc32)[C@H](O)[C@@H]1O. The fourth-order valence-electron chi connectivity index (χ4n) is 9.01. The van der Waals surface area contributed by atoms with E-state index in [9.17, 15) is 67.5 Å². The minimum Gasteiger partial charge on any atom is -0.778 e. The third kappa shape index (κ3) is 11.6. The number of rotatable bonds is 20. The number of H-pyrrole nitrogens is 2. The molecule has 3 aliphatic heterocycles. The number of nitrogens with one attached hydrogen (secondary N) is 3. The highest BCUT2D eigenvalue weighted by Gasteiger charge is 2.55. The van der Waals surface area contributed by atoms with Crippen molar-refractivity contribution in [2.45, 2.75) is 67.1 Å². The summed E-state index contributed by atoms with van der Waals surface area (Å²) in [6.07, 6.45) is -13.3. The number of nitrogens with zero attached hydrogens (tertiary/aromatic N) is 10. The average molecular weight is 1200 g/mol. The van der Waals surface area contributed by atoms with Crippen LogP contribution in [0.25, 0.3) is 33.5 Å². The Morgan fingerprint density at radius 3 is 2.05 bits per heavy atom. The van der Waals surface area contributed by atoms with Crippen LogP contribution in [0.2, 0.25) is 0 Å². The van der Waals surface area contributed by atoms with E-state index in [1.165, 1.54) is 29.6 Å². The summed E-state index contributed by atoms with van der Waals surface area (Å²) in [5, 5.41) is 35.5. The first-order valence-electron chi connectivity index (χ1n) is 22.6. The number of aryl methyl sites for hydroxylation is 1. The van der Waals surface area contributed by atoms with Crippen LogP contribution in [0.15, 0.2) is 34.9 Å². The van der Waals surface area contributed by atoms with Gasteiger partial charge in [0.1, 0.15) is 56.6 Å². The number of methoxy groups -OCH3 is 1. The molecule has 4 unspecified atom stereocenters. The van der Waals surface area contributed by atoms with Gasteiger partial charge in [-0.2, -0.15) is 13.6 Å². The summed E-state index contributed by atoms with van der Waals surface area (Å²) in [5.41, 5.74) is 13.3. The molecule has 3 fully saturated rings. The molecule has 6 aromatic heterocycles. The Morgan fingerprint density at radius 1 is 0.772 bits per heavy atom. The summed E-state index contributed by atoms with van der Waals surface area (Å²) < 4.78 is 111. The second-order valence-corrected chi connectivity index (χ2v) is 24.0. The van der Waals surface area contributed by atoms with Crippen LogP contribution in [0.5, 0.6) is 0 Å². The van der Waals surface area contributed by atoms with Crippen molar-refractivity contribution in [3.05, 3.63) is 46.0 Å². The molecule has 79 heavy (non-hydrogen) atoms. The number of carbonyl (C=O) groups excluding carboxylic acids is 1. The Labute approximate surface area is 438 Å². The third-order valence-electron chi connectivity index (χ3n) is 12.5. The molecule has 0 bridgehead atoms. The van der Waals surface area contributed by atoms with E-state index in [1.54, 1.807) is 0 Å². The maximum absolute atomic E-state index is 14.3. The molecule has 40 nitrogen and oxygen atoms in total. The van der Waals surface area contributed by atoms with Gasteiger partial charge < -0.3 is 90.2 Å². The highest BCUT2D eigenvalue weighted by Crippen LogP contribution is 2.68. The Kier molecular flexibility index (Phi) is 16.1. The molecular weight excluding hydrogens is 1150 g/mol. The fraction of sp³-hybridized carbons (Fsp3) is 0.543. The topological polar surface area (TPSA) is 574 Å². The Balaban J connectivity index is 0.894. The van der Waals surface area contributed by atoms with Crippen molar-refractivity contribution in [2.75, 3.05) is 57.8 Å². The monoisotopic (exact) mass is 1200 g/mol. The largest absolute Gasteiger partial charge is 0.778 e. The van der Waals surface area contributed by atoms with E-state index in [4.69, 9.17) is 54.5 Å². The van der Waals surface area contributed by atoms with E-state index >= 15 is 0 Å². The second-order valence-electron chi connectivity index (χ2n) is 17.5. The number of nitrogen functional groups attached to an aromatic ring is 3. The minimum absolute atomic E-state index is 0.0131. The number of aliphatic hydroxyl groups excluding tert-OH is 3. The van der Waals surface area contributed by atoms with Crippen LogP contribution < -0.4 is 43.1 Å². The van der Waals surface area contributed by atoms with Gasteiger partial charge in [-0.05, 0) is 0 Å². The smallest absolute Gasteiger partial charge is 0.490 e. The lowest BCUT2D eigenvalue weighted by Gasteiger charge is -2.35. The maximum Gasteiger partial charge on any atom is 0.490 e. The van der Waals surface area contributed by atoms with Crippen LogP contribution in [-0.2, 0) is 71.2 Å². The number of aromatic amines is 2. The van der Waals surface area contributed by atoms with Crippen molar-refractivity contribution in [2.24, 2.45) is 13.0 Å². The molecular formula is C35H48N16O24P4. The normalized spacial score (nSPS) is 29.4.